The number of nitrogens with zero attached hydrogens (tertiary/aromatic N) is 2. The number of sulfonamides is 1. The Labute approximate surface area is 160 Å². The highest BCUT2D eigenvalue weighted by atomic mass is 32.2. The third-order valence-electron chi connectivity index (χ3n) is 4.84. The zero-order valence-corrected chi connectivity index (χ0v) is 16.6. The molecule has 1 atom stereocenters. The maximum absolute atomic E-state index is 12.7. The van der Waals surface area contributed by atoms with Gasteiger partial charge in [0.05, 0.1) is 16.9 Å². The first-order valence-electron chi connectivity index (χ1n) is 9.24. The van der Waals surface area contributed by atoms with E-state index in [4.69, 9.17) is 0 Å². The van der Waals surface area contributed by atoms with Crippen LogP contribution in [0, 0.1) is 10.1 Å². The van der Waals surface area contributed by atoms with Gasteiger partial charge in [-0.2, -0.15) is 0 Å². The number of nitrogens with one attached hydrogen (secondary N) is 1. The van der Waals surface area contributed by atoms with Crippen molar-refractivity contribution in [3.8, 4) is 0 Å². The molecule has 0 heterocycles. The van der Waals surface area contributed by atoms with Crippen LogP contribution in [0.1, 0.15) is 51.9 Å². The second kappa shape index (κ2) is 9.16. The molecule has 2 rings (SSSR count). The molecule has 150 valence electrons. The summed E-state index contributed by atoms with van der Waals surface area (Å²) >= 11 is 0. The van der Waals surface area contributed by atoms with Crippen LogP contribution in [0.15, 0.2) is 24.3 Å². The highest BCUT2D eigenvalue weighted by Crippen LogP contribution is 2.25. The summed E-state index contributed by atoms with van der Waals surface area (Å²) in [6.45, 7) is 1.50. The largest absolute Gasteiger partial charge is 0.352 e. The van der Waals surface area contributed by atoms with Crippen molar-refractivity contribution in [2.75, 3.05) is 10.6 Å². The van der Waals surface area contributed by atoms with E-state index in [1.54, 1.807) is 0 Å². The van der Waals surface area contributed by atoms with Crippen molar-refractivity contribution >= 4 is 27.3 Å². The maximum Gasteiger partial charge on any atom is 0.271 e. The molecule has 1 fully saturated rings. The van der Waals surface area contributed by atoms with Crippen molar-refractivity contribution in [1.29, 1.82) is 0 Å². The van der Waals surface area contributed by atoms with Crippen LogP contribution >= 0.6 is 0 Å². The van der Waals surface area contributed by atoms with Crippen LogP contribution in [-0.4, -0.2) is 37.6 Å². The van der Waals surface area contributed by atoms with Gasteiger partial charge in [-0.3, -0.25) is 19.2 Å². The van der Waals surface area contributed by atoms with Gasteiger partial charge in [0.1, 0.15) is 6.04 Å². The van der Waals surface area contributed by atoms with Gasteiger partial charge in [-0.15, -0.1) is 0 Å². The molecule has 1 aromatic rings. The zero-order valence-electron chi connectivity index (χ0n) is 15.8. The Kier molecular flexibility index (Phi) is 7.18. The molecule has 1 N–H and O–H groups in total. The van der Waals surface area contributed by atoms with Gasteiger partial charge in [-0.05, 0) is 25.8 Å². The van der Waals surface area contributed by atoms with Gasteiger partial charge < -0.3 is 5.32 Å². The second-order valence-corrected chi connectivity index (χ2v) is 8.92. The Bertz CT molecular complexity index is 773. The lowest BCUT2D eigenvalue weighted by Gasteiger charge is -2.30. The SMILES string of the molecule is C[C@H](C(=O)NC1CCCCCCC1)N(c1cccc([N+](=O)[O-])c1)S(C)(=O)=O. The van der Waals surface area contributed by atoms with Gasteiger partial charge in [0, 0.05) is 18.2 Å². The first kappa shape index (κ1) is 21.1. The van der Waals surface area contributed by atoms with E-state index in [9.17, 15) is 23.3 Å². The van der Waals surface area contributed by atoms with Crippen LogP contribution in [0.25, 0.3) is 0 Å². The fourth-order valence-electron chi connectivity index (χ4n) is 3.47. The van der Waals surface area contributed by atoms with Gasteiger partial charge in [-0.1, -0.05) is 38.2 Å². The Morgan fingerprint density at radius 3 is 2.37 bits per heavy atom. The molecule has 0 spiro atoms. The van der Waals surface area contributed by atoms with Gasteiger partial charge in [0.2, 0.25) is 15.9 Å². The lowest BCUT2D eigenvalue weighted by Crippen LogP contribution is -2.50. The number of carbonyl (C=O) groups is 1. The lowest BCUT2D eigenvalue weighted by atomic mass is 9.96. The van der Waals surface area contributed by atoms with E-state index in [1.165, 1.54) is 37.6 Å². The minimum Gasteiger partial charge on any atom is -0.352 e. The number of nitro groups is 1. The molecule has 1 aliphatic carbocycles. The number of benzene rings is 1. The normalized spacial score (nSPS) is 17.4. The van der Waals surface area contributed by atoms with Gasteiger partial charge >= 0.3 is 0 Å². The summed E-state index contributed by atoms with van der Waals surface area (Å²) in [7, 11) is -3.81. The smallest absolute Gasteiger partial charge is 0.271 e. The molecule has 27 heavy (non-hydrogen) atoms. The average Bonchev–Trinajstić information content (AvgIpc) is 2.56. The van der Waals surface area contributed by atoms with E-state index in [1.807, 2.05) is 0 Å². The van der Waals surface area contributed by atoms with E-state index < -0.39 is 26.9 Å². The third kappa shape index (κ3) is 5.92. The van der Waals surface area contributed by atoms with E-state index >= 15 is 0 Å². The van der Waals surface area contributed by atoms with Crippen molar-refractivity contribution in [1.82, 2.24) is 5.32 Å². The molecule has 8 nitrogen and oxygen atoms in total. The first-order valence-corrected chi connectivity index (χ1v) is 11.1. The van der Waals surface area contributed by atoms with Crippen LogP contribution in [0.5, 0.6) is 0 Å². The number of hydrogen-bond donors (Lipinski definition) is 1. The Morgan fingerprint density at radius 2 is 1.81 bits per heavy atom. The number of non-ortho nitro benzene ring substituents is 1. The summed E-state index contributed by atoms with van der Waals surface area (Å²) < 4.78 is 25.6. The van der Waals surface area contributed by atoms with Crippen molar-refractivity contribution in [2.45, 2.75) is 64.0 Å². The summed E-state index contributed by atoms with van der Waals surface area (Å²) in [5.74, 6) is -0.391. The Balaban J connectivity index is 2.21. The van der Waals surface area contributed by atoms with Gasteiger partial charge in [-0.25, -0.2) is 8.42 Å². The third-order valence-corrected chi connectivity index (χ3v) is 6.08. The number of rotatable bonds is 6. The van der Waals surface area contributed by atoms with Crippen molar-refractivity contribution < 1.29 is 18.1 Å². The first-order chi connectivity index (χ1) is 12.7. The van der Waals surface area contributed by atoms with E-state index in [0.717, 1.165) is 49.1 Å². The highest BCUT2D eigenvalue weighted by Gasteiger charge is 2.31. The molecule has 0 bridgehead atoms. The van der Waals surface area contributed by atoms with Gasteiger partial charge in [0.15, 0.2) is 0 Å². The molecule has 0 unspecified atom stereocenters. The number of amides is 1. The molecule has 0 aliphatic heterocycles. The topological polar surface area (TPSA) is 110 Å². The lowest BCUT2D eigenvalue weighted by molar-refractivity contribution is -0.384. The quantitative estimate of drug-likeness (QED) is 0.586. The summed E-state index contributed by atoms with van der Waals surface area (Å²) in [6.07, 6.45) is 8.34. The molecular formula is C18H27N3O5S. The monoisotopic (exact) mass is 397 g/mol. The van der Waals surface area contributed by atoms with Crippen LogP contribution in [0.2, 0.25) is 0 Å². The van der Waals surface area contributed by atoms with Crippen LogP contribution in [0.3, 0.4) is 0 Å². The van der Waals surface area contributed by atoms with Crippen LogP contribution in [-0.2, 0) is 14.8 Å². The minimum atomic E-state index is -3.81. The second-order valence-electron chi connectivity index (χ2n) is 7.06. The van der Waals surface area contributed by atoms with E-state index in [0.29, 0.717) is 0 Å². The maximum atomic E-state index is 12.7. The molecule has 1 amide bonds. The number of carbonyl (C=O) groups excluding carboxylic acids is 1. The molecule has 1 aromatic carbocycles. The average molecular weight is 397 g/mol. The molecule has 0 aromatic heterocycles. The number of hydrogen-bond acceptors (Lipinski definition) is 5. The van der Waals surface area contributed by atoms with E-state index in [2.05, 4.69) is 5.32 Å². The summed E-state index contributed by atoms with van der Waals surface area (Å²) in [5.41, 5.74) is -0.124. The summed E-state index contributed by atoms with van der Waals surface area (Å²) in [6, 6.07) is 4.34. The predicted molar refractivity (Wildman–Crippen MR) is 104 cm³/mol. The molecule has 0 radical (unpaired) electrons. The molecule has 1 aliphatic rings. The molecule has 9 heteroatoms. The van der Waals surface area contributed by atoms with Crippen molar-refractivity contribution in [3.05, 3.63) is 34.4 Å². The molecular weight excluding hydrogens is 370 g/mol. The fraction of sp³-hybridized carbons (Fsp3) is 0.611. The summed E-state index contributed by atoms with van der Waals surface area (Å²) in [4.78, 5) is 23.2. The Morgan fingerprint density at radius 1 is 1.22 bits per heavy atom. The number of nitro benzene ring substituents is 1. The molecule has 1 saturated carbocycles. The Hall–Kier alpha value is -2.16. The predicted octanol–water partition coefficient (Wildman–Crippen LogP) is 2.98. The minimum absolute atomic E-state index is 0.0340. The highest BCUT2D eigenvalue weighted by molar-refractivity contribution is 7.92. The summed E-state index contributed by atoms with van der Waals surface area (Å²) in [5, 5.41) is 14.0. The zero-order chi connectivity index (χ0) is 20.0. The van der Waals surface area contributed by atoms with Gasteiger partial charge in [0.25, 0.3) is 5.69 Å². The molecule has 0 saturated heterocycles. The van der Waals surface area contributed by atoms with Crippen LogP contribution in [0.4, 0.5) is 11.4 Å². The fourth-order valence-corrected chi connectivity index (χ4v) is 4.64. The van der Waals surface area contributed by atoms with Crippen molar-refractivity contribution in [3.63, 3.8) is 0 Å². The van der Waals surface area contributed by atoms with E-state index in [-0.39, 0.29) is 17.4 Å². The van der Waals surface area contributed by atoms with Crippen molar-refractivity contribution in [2.24, 2.45) is 0 Å². The number of anilines is 1. The van der Waals surface area contributed by atoms with Crippen LogP contribution < -0.4 is 9.62 Å². The standard InChI is InChI=1S/C18H27N3O5S/c1-14(18(22)19-15-9-6-4-3-5-7-10-15)20(27(2,25)26)16-11-8-12-17(13-16)21(23)24/h8,11-15H,3-7,9-10H2,1-2H3,(H,19,22)/t14-/m1/s1.